The normalized spacial score (nSPS) is 9.82. The lowest BCUT2D eigenvalue weighted by molar-refractivity contribution is -0.120. The predicted octanol–water partition coefficient (Wildman–Crippen LogP) is 1.02. The molecule has 0 atom stereocenters. The summed E-state index contributed by atoms with van der Waals surface area (Å²) in [7, 11) is 0. The van der Waals surface area contributed by atoms with Crippen LogP contribution < -0.4 is 20.7 Å². The summed E-state index contributed by atoms with van der Waals surface area (Å²) in [4.78, 5) is 11.2. The molecule has 1 aromatic carbocycles. The average molecular weight is 238 g/mol. The van der Waals surface area contributed by atoms with Crippen LogP contribution in [0.15, 0.2) is 18.2 Å². The molecule has 5 nitrogen and oxygen atoms in total. The Morgan fingerprint density at radius 1 is 1.24 bits per heavy atom. The molecule has 1 aromatic rings. The summed E-state index contributed by atoms with van der Waals surface area (Å²) in [5, 5.41) is 0. The van der Waals surface area contributed by atoms with Crippen LogP contribution in [-0.2, 0) is 11.2 Å². The van der Waals surface area contributed by atoms with Gasteiger partial charge in [0.2, 0.25) is 5.91 Å². The van der Waals surface area contributed by atoms with Crippen molar-refractivity contribution < 1.29 is 14.3 Å². The van der Waals surface area contributed by atoms with Crippen LogP contribution in [0.1, 0.15) is 19.4 Å². The maximum atomic E-state index is 11.2. The fraction of sp³-hybridized carbons (Fsp3) is 0.417. The summed E-state index contributed by atoms with van der Waals surface area (Å²) < 4.78 is 10.9. The number of ether oxygens (including phenoxy) is 2. The molecule has 0 spiro atoms. The quantitative estimate of drug-likeness (QED) is 0.441. The van der Waals surface area contributed by atoms with Crippen molar-refractivity contribution in [3.8, 4) is 11.5 Å². The van der Waals surface area contributed by atoms with Gasteiger partial charge in [-0.15, -0.1) is 0 Å². The SMILES string of the molecule is CCOc1ccc(CC(=O)NN)cc1OCC. The molecule has 0 aliphatic carbocycles. The van der Waals surface area contributed by atoms with Gasteiger partial charge in [-0.1, -0.05) is 6.07 Å². The smallest absolute Gasteiger partial charge is 0.238 e. The van der Waals surface area contributed by atoms with E-state index in [2.05, 4.69) is 5.43 Å². The summed E-state index contributed by atoms with van der Waals surface area (Å²) in [6, 6.07) is 5.42. The molecule has 94 valence electrons. The lowest BCUT2D eigenvalue weighted by Crippen LogP contribution is -2.31. The summed E-state index contributed by atoms with van der Waals surface area (Å²) in [5.41, 5.74) is 2.93. The van der Waals surface area contributed by atoms with E-state index in [9.17, 15) is 4.79 Å². The Morgan fingerprint density at radius 3 is 2.47 bits per heavy atom. The van der Waals surface area contributed by atoms with Gasteiger partial charge in [0, 0.05) is 0 Å². The highest BCUT2D eigenvalue weighted by Gasteiger charge is 2.08. The van der Waals surface area contributed by atoms with Gasteiger partial charge in [0.15, 0.2) is 11.5 Å². The molecule has 0 bridgehead atoms. The van der Waals surface area contributed by atoms with Crippen molar-refractivity contribution in [2.45, 2.75) is 20.3 Å². The Kier molecular flexibility index (Phi) is 5.29. The average Bonchev–Trinajstić information content (AvgIpc) is 2.33. The molecule has 5 heteroatoms. The van der Waals surface area contributed by atoms with Crippen LogP contribution in [0, 0.1) is 0 Å². The Morgan fingerprint density at radius 2 is 1.88 bits per heavy atom. The van der Waals surface area contributed by atoms with E-state index in [0.717, 1.165) is 5.56 Å². The third-order valence-electron chi connectivity index (χ3n) is 2.13. The van der Waals surface area contributed by atoms with Gasteiger partial charge in [0.05, 0.1) is 19.6 Å². The Hall–Kier alpha value is -1.75. The van der Waals surface area contributed by atoms with Crippen molar-refractivity contribution in [2.24, 2.45) is 5.84 Å². The molecule has 0 aromatic heterocycles. The molecule has 3 N–H and O–H groups in total. The molecule has 1 amide bonds. The zero-order valence-corrected chi connectivity index (χ0v) is 10.2. The van der Waals surface area contributed by atoms with Gasteiger partial charge in [-0.25, -0.2) is 5.84 Å². The summed E-state index contributed by atoms with van der Waals surface area (Å²) in [6.07, 6.45) is 0.225. The number of hydrogen-bond donors (Lipinski definition) is 2. The topological polar surface area (TPSA) is 73.6 Å². The Balaban J connectivity index is 2.88. The number of nitrogens with two attached hydrogens (primary N) is 1. The van der Waals surface area contributed by atoms with Crippen molar-refractivity contribution in [1.29, 1.82) is 0 Å². The molecule has 0 saturated heterocycles. The second-order valence-corrected chi connectivity index (χ2v) is 3.39. The van der Waals surface area contributed by atoms with E-state index in [1.165, 1.54) is 0 Å². The van der Waals surface area contributed by atoms with Crippen LogP contribution in [0.5, 0.6) is 11.5 Å². The van der Waals surface area contributed by atoms with Gasteiger partial charge in [0.25, 0.3) is 0 Å². The van der Waals surface area contributed by atoms with Crippen molar-refractivity contribution in [3.63, 3.8) is 0 Å². The lowest BCUT2D eigenvalue weighted by Gasteiger charge is -2.12. The standard InChI is InChI=1S/C12H18N2O3/c1-3-16-10-6-5-9(8-12(15)14-13)7-11(10)17-4-2/h5-7H,3-4,8,13H2,1-2H3,(H,14,15). The number of hydrogen-bond acceptors (Lipinski definition) is 4. The van der Waals surface area contributed by atoms with Crippen molar-refractivity contribution >= 4 is 5.91 Å². The van der Waals surface area contributed by atoms with Crippen LogP contribution in [0.3, 0.4) is 0 Å². The third-order valence-corrected chi connectivity index (χ3v) is 2.13. The first-order valence-electron chi connectivity index (χ1n) is 5.59. The molecule has 1 rings (SSSR count). The van der Waals surface area contributed by atoms with Crippen LogP contribution in [0.4, 0.5) is 0 Å². The van der Waals surface area contributed by atoms with Gasteiger partial charge in [-0.05, 0) is 31.5 Å². The van der Waals surface area contributed by atoms with Gasteiger partial charge in [0.1, 0.15) is 0 Å². The fourth-order valence-corrected chi connectivity index (χ4v) is 1.44. The molecule has 0 radical (unpaired) electrons. The number of hydrazine groups is 1. The molecular formula is C12H18N2O3. The maximum absolute atomic E-state index is 11.2. The molecular weight excluding hydrogens is 220 g/mol. The molecule has 0 unspecified atom stereocenters. The largest absolute Gasteiger partial charge is 0.490 e. The number of rotatable bonds is 6. The van der Waals surface area contributed by atoms with Crippen LogP contribution in [0.2, 0.25) is 0 Å². The van der Waals surface area contributed by atoms with Crippen LogP contribution in [-0.4, -0.2) is 19.1 Å². The lowest BCUT2D eigenvalue weighted by atomic mass is 10.1. The summed E-state index contributed by atoms with van der Waals surface area (Å²) >= 11 is 0. The highest BCUT2D eigenvalue weighted by molar-refractivity contribution is 5.78. The molecule has 0 fully saturated rings. The summed E-state index contributed by atoms with van der Waals surface area (Å²) in [6.45, 7) is 4.93. The van der Waals surface area contributed by atoms with Crippen LogP contribution >= 0.6 is 0 Å². The number of benzene rings is 1. The van der Waals surface area contributed by atoms with Crippen LogP contribution in [0.25, 0.3) is 0 Å². The third kappa shape index (κ3) is 3.96. The van der Waals surface area contributed by atoms with E-state index >= 15 is 0 Å². The second-order valence-electron chi connectivity index (χ2n) is 3.39. The minimum absolute atomic E-state index is 0.225. The van der Waals surface area contributed by atoms with Gasteiger partial charge in [-0.3, -0.25) is 10.2 Å². The first kappa shape index (κ1) is 13.3. The predicted molar refractivity (Wildman–Crippen MR) is 64.8 cm³/mol. The highest BCUT2D eigenvalue weighted by atomic mass is 16.5. The second kappa shape index (κ2) is 6.75. The highest BCUT2D eigenvalue weighted by Crippen LogP contribution is 2.28. The Bertz CT molecular complexity index is 380. The zero-order chi connectivity index (χ0) is 12.7. The zero-order valence-electron chi connectivity index (χ0n) is 10.2. The molecule has 0 aliphatic rings. The monoisotopic (exact) mass is 238 g/mol. The van der Waals surface area contributed by atoms with E-state index in [1.807, 2.05) is 19.9 Å². The number of carbonyl (C=O) groups excluding carboxylic acids is 1. The Labute approximate surface area is 101 Å². The summed E-state index contributed by atoms with van der Waals surface area (Å²) in [5.74, 6) is 6.14. The van der Waals surface area contributed by atoms with Gasteiger partial charge >= 0.3 is 0 Å². The van der Waals surface area contributed by atoms with E-state index < -0.39 is 0 Å². The van der Waals surface area contributed by atoms with Crippen molar-refractivity contribution in [2.75, 3.05) is 13.2 Å². The first-order valence-corrected chi connectivity index (χ1v) is 5.59. The van der Waals surface area contributed by atoms with E-state index in [-0.39, 0.29) is 12.3 Å². The van der Waals surface area contributed by atoms with E-state index in [1.54, 1.807) is 12.1 Å². The fourth-order valence-electron chi connectivity index (χ4n) is 1.44. The van der Waals surface area contributed by atoms with Crippen molar-refractivity contribution in [1.82, 2.24) is 5.43 Å². The van der Waals surface area contributed by atoms with Crippen molar-refractivity contribution in [3.05, 3.63) is 23.8 Å². The molecule has 0 saturated carbocycles. The number of carbonyl (C=O) groups is 1. The molecule has 0 heterocycles. The molecule has 17 heavy (non-hydrogen) atoms. The minimum Gasteiger partial charge on any atom is -0.490 e. The van der Waals surface area contributed by atoms with E-state index in [0.29, 0.717) is 24.7 Å². The number of amides is 1. The first-order chi connectivity index (χ1) is 8.21. The van der Waals surface area contributed by atoms with Gasteiger partial charge in [-0.2, -0.15) is 0 Å². The molecule has 0 aliphatic heterocycles. The number of nitrogens with one attached hydrogen (secondary N) is 1. The maximum Gasteiger partial charge on any atom is 0.238 e. The van der Waals surface area contributed by atoms with E-state index in [4.69, 9.17) is 15.3 Å². The van der Waals surface area contributed by atoms with Gasteiger partial charge < -0.3 is 9.47 Å². The minimum atomic E-state index is -0.239.